The number of fused-ring (bicyclic) bond motifs is 2. The Balaban J connectivity index is 1.88. The molecule has 1 unspecified atom stereocenters. The van der Waals surface area contributed by atoms with E-state index >= 15 is 0 Å². The van der Waals surface area contributed by atoms with Gasteiger partial charge in [-0.1, -0.05) is 0 Å². The van der Waals surface area contributed by atoms with Gasteiger partial charge in [-0.25, -0.2) is 9.98 Å². The molecule has 22 heavy (non-hydrogen) atoms. The summed E-state index contributed by atoms with van der Waals surface area (Å²) in [5.74, 6) is 1.81. The van der Waals surface area contributed by atoms with Crippen LogP contribution in [0.25, 0.3) is 0 Å². The van der Waals surface area contributed by atoms with Crippen LogP contribution in [0.15, 0.2) is 4.99 Å². The molecule has 2 heterocycles. The van der Waals surface area contributed by atoms with E-state index in [9.17, 15) is 5.11 Å². The van der Waals surface area contributed by atoms with Crippen molar-refractivity contribution in [3.63, 3.8) is 0 Å². The average Bonchev–Trinajstić information content (AvgIpc) is 2.84. The van der Waals surface area contributed by atoms with Crippen LogP contribution >= 0.6 is 0 Å². The van der Waals surface area contributed by atoms with Crippen LogP contribution < -0.4 is 4.74 Å². The molecule has 3 rings (SSSR count). The van der Waals surface area contributed by atoms with E-state index in [1.54, 1.807) is 0 Å². The van der Waals surface area contributed by atoms with Crippen LogP contribution in [0.5, 0.6) is 5.88 Å². The number of nitrogens with zero attached hydrogens (tertiary/aromatic N) is 3. The molecule has 2 N–H and O–H groups in total. The number of aliphatic hydroxyl groups excluding tert-OH is 2. The van der Waals surface area contributed by atoms with Crippen molar-refractivity contribution in [3.05, 3.63) is 11.5 Å². The number of aliphatic imine (C=N–C) groups is 1. The molecule has 1 saturated carbocycles. The van der Waals surface area contributed by atoms with E-state index < -0.39 is 0 Å². The predicted octanol–water partition coefficient (Wildman–Crippen LogP) is 1.72. The Labute approximate surface area is 131 Å². The van der Waals surface area contributed by atoms with Gasteiger partial charge >= 0.3 is 0 Å². The molecule has 2 aliphatic rings. The summed E-state index contributed by atoms with van der Waals surface area (Å²) in [4.78, 5) is 13.6. The lowest BCUT2D eigenvalue weighted by atomic mass is 9.98. The standard InChI is InChI=1S/C16H23N3O3/c1-9-13-16(18-10(2)17-9)22-15-12(4-3-6-20)8-11(5-7-21)14(15)19-13/h11-12,15,20-21H,3-8H2,1-2H3/t11?,12-,15-/m0/s1/i20T. The maximum absolute atomic E-state index is 9.34. The number of hydrogen-bond donors (Lipinski definition) is 2. The van der Waals surface area contributed by atoms with Crippen molar-refractivity contribution < 1.29 is 15.0 Å². The number of rotatable bonds is 6. The smallest absolute Gasteiger partial charge is 0.244 e. The molecule has 0 bridgehead atoms. The molecular weight excluding hydrogens is 282 g/mol. The summed E-state index contributed by atoms with van der Waals surface area (Å²) in [5.41, 5.74) is 2.56. The van der Waals surface area contributed by atoms with Crippen LogP contribution in [0, 0.1) is 25.7 Å². The summed E-state index contributed by atoms with van der Waals surface area (Å²) in [6, 6.07) is 0. The van der Waals surface area contributed by atoms with Gasteiger partial charge < -0.3 is 15.0 Å². The lowest BCUT2D eigenvalue weighted by molar-refractivity contribution is 0.176. The molecule has 1 aliphatic heterocycles. The summed E-state index contributed by atoms with van der Waals surface area (Å²) < 4.78 is 13.0. The van der Waals surface area contributed by atoms with Gasteiger partial charge in [-0.15, -0.1) is 0 Å². The zero-order valence-corrected chi connectivity index (χ0v) is 13.1. The third-order valence-corrected chi connectivity index (χ3v) is 4.54. The molecule has 0 amide bonds. The van der Waals surface area contributed by atoms with Gasteiger partial charge in [0.05, 0.1) is 11.4 Å². The minimum atomic E-state index is -0.0847. The first kappa shape index (κ1) is 14.1. The van der Waals surface area contributed by atoms with Crippen molar-refractivity contribution in [1.29, 1.82) is 1.43 Å². The number of aromatic nitrogens is 2. The fourth-order valence-electron chi connectivity index (χ4n) is 3.57. The second kappa shape index (κ2) is 6.30. The second-order valence-corrected chi connectivity index (χ2v) is 6.14. The number of aryl methyl sites for hydroxylation is 2. The summed E-state index contributed by atoms with van der Waals surface area (Å²) in [6.07, 6.45) is 3.30. The van der Waals surface area contributed by atoms with E-state index in [4.69, 9.17) is 11.2 Å². The third kappa shape index (κ3) is 2.73. The van der Waals surface area contributed by atoms with Crippen molar-refractivity contribution in [1.82, 2.24) is 9.97 Å². The van der Waals surface area contributed by atoms with E-state index in [-0.39, 0.29) is 18.6 Å². The Morgan fingerprint density at radius 3 is 2.91 bits per heavy atom. The molecule has 1 aromatic rings. The molecule has 120 valence electrons. The normalized spacial score (nSPS) is 26.8. The SMILES string of the molecule is [3H]OCCC[C@H]1CC(CCO)C2=Nc3c(C)nc(C)nc3O[C@H]21. The minimum Gasteiger partial charge on any atom is -0.466 e. The highest BCUT2D eigenvalue weighted by molar-refractivity contribution is 5.97. The number of ether oxygens (including phenoxy) is 1. The van der Waals surface area contributed by atoms with Crippen molar-refractivity contribution in [2.24, 2.45) is 16.8 Å². The lowest BCUT2D eigenvalue weighted by Crippen LogP contribution is -2.33. The zero-order valence-electron chi connectivity index (χ0n) is 14.1. The largest absolute Gasteiger partial charge is 0.466 e. The second-order valence-electron chi connectivity index (χ2n) is 6.14. The van der Waals surface area contributed by atoms with Crippen molar-refractivity contribution >= 4 is 11.4 Å². The van der Waals surface area contributed by atoms with Crippen LogP contribution in [0.1, 0.15) is 37.2 Å². The van der Waals surface area contributed by atoms with E-state index in [0.29, 0.717) is 30.7 Å². The molecule has 3 atom stereocenters. The highest BCUT2D eigenvalue weighted by Gasteiger charge is 2.44. The Morgan fingerprint density at radius 1 is 1.27 bits per heavy atom. The predicted molar refractivity (Wildman–Crippen MR) is 82.6 cm³/mol. The van der Waals surface area contributed by atoms with Gasteiger partial charge in [0.1, 0.15) is 17.6 Å². The molecule has 1 fully saturated rings. The van der Waals surface area contributed by atoms with Crippen LogP contribution in [-0.4, -0.2) is 46.6 Å². The van der Waals surface area contributed by atoms with Crippen molar-refractivity contribution in [2.75, 3.05) is 13.2 Å². The Kier molecular flexibility index (Phi) is 4.03. The summed E-state index contributed by atoms with van der Waals surface area (Å²) in [6.45, 7) is 4.34. The molecule has 0 radical (unpaired) electrons. The average molecular weight is 307 g/mol. The number of hydrogen-bond acceptors (Lipinski definition) is 6. The first-order chi connectivity index (χ1) is 11.1. The highest BCUT2D eigenvalue weighted by atomic mass is 16.5. The highest BCUT2D eigenvalue weighted by Crippen LogP contribution is 2.43. The fourth-order valence-corrected chi connectivity index (χ4v) is 3.57. The lowest BCUT2D eigenvalue weighted by Gasteiger charge is -2.26. The van der Waals surface area contributed by atoms with Gasteiger partial charge in [0.25, 0.3) is 0 Å². The van der Waals surface area contributed by atoms with Gasteiger partial charge in [-0.05, 0) is 39.5 Å². The minimum absolute atomic E-state index is 0.0847. The van der Waals surface area contributed by atoms with E-state index in [2.05, 4.69) is 15.1 Å². The Morgan fingerprint density at radius 2 is 2.14 bits per heavy atom. The monoisotopic (exact) mass is 307 g/mol. The van der Waals surface area contributed by atoms with E-state index in [1.807, 2.05) is 13.8 Å². The van der Waals surface area contributed by atoms with Gasteiger partial charge in [0.15, 0.2) is 0 Å². The summed E-state index contributed by atoms with van der Waals surface area (Å²) in [7, 11) is 0. The van der Waals surface area contributed by atoms with Crippen molar-refractivity contribution in [2.45, 2.75) is 45.6 Å². The zero-order chi connectivity index (χ0) is 16.4. The van der Waals surface area contributed by atoms with Crippen LogP contribution in [0.3, 0.4) is 0 Å². The molecule has 1 aromatic heterocycles. The van der Waals surface area contributed by atoms with Crippen molar-refractivity contribution in [3.8, 4) is 5.88 Å². The van der Waals surface area contributed by atoms with Gasteiger partial charge in [0.2, 0.25) is 7.31 Å². The van der Waals surface area contributed by atoms with Gasteiger partial charge in [-0.3, -0.25) is 0 Å². The topological polar surface area (TPSA) is 87.8 Å². The molecule has 0 saturated heterocycles. The number of aliphatic hydroxyl groups is 2. The molecule has 6 nitrogen and oxygen atoms in total. The first-order valence-corrected chi connectivity index (χ1v) is 7.93. The maximum atomic E-state index is 9.34. The summed E-state index contributed by atoms with van der Waals surface area (Å²) >= 11 is 0. The van der Waals surface area contributed by atoms with Crippen LogP contribution in [-0.2, 0) is 0 Å². The first-order valence-electron chi connectivity index (χ1n) is 8.34. The summed E-state index contributed by atoms with van der Waals surface area (Å²) in [5, 5.41) is 13.8. The third-order valence-electron chi connectivity index (χ3n) is 4.54. The van der Waals surface area contributed by atoms with E-state index in [1.165, 1.54) is 0 Å². The maximum Gasteiger partial charge on any atom is 0.244 e. The quantitative estimate of drug-likeness (QED) is 0.781. The van der Waals surface area contributed by atoms with Gasteiger partial charge in [-0.2, -0.15) is 4.98 Å². The van der Waals surface area contributed by atoms with Gasteiger partial charge in [0, 0.05) is 25.0 Å². The Bertz CT molecular complexity index is 608. The molecule has 6 heteroatoms. The van der Waals surface area contributed by atoms with E-state index in [0.717, 1.165) is 36.4 Å². The molecule has 0 aromatic carbocycles. The van der Waals surface area contributed by atoms with Crippen LogP contribution in [0.2, 0.25) is 0 Å². The Hall–Kier alpha value is -1.53. The molecule has 1 aliphatic carbocycles. The molecule has 0 spiro atoms. The fraction of sp³-hybridized carbons (Fsp3) is 0.688. The van der Waals surface area contributed by atoms with Crippen LogP contribution in [0.4, 0.5) is 5.69 Å². The molecular formula is C16H23N3O3.